The lowest BCUT2D eigenvalue weighted by Crippen LogP contribution is -2.17. The first-order valence-electron chi connectivity index (χ1n) is 5.10. The van der Waals surface area contributed by atoms with Crippen LogP contribution in [0.5, 0.6) is 0 Å². The zero-order chi connectivity index (χ0) is 14.0. The number of nitriles is 1. The molecule has 1 aromatic rings. The van der Waals surface area contributed by atoms with Crippen molar-refractivity contribution in [2.45, 2.75) is 28.4 Å². The van der Waals surface area contributed by atoms with Crippen LogP contribution in [0.15, 0.2) is 34.1 Å². The van der Waals surface area contributed by atoms with Crippen LogP contribution in [0.3, 0.4) is 0 Å². The summed E-state index contributed by atoms with van der Waals surface area (Å²) in [7, 11) is -6.92. The molecule has 0 aliphatic rings. The van der Waals surface area contributed by atoms with Crippen molar-refractivity contribution in [3.05, 3.63) is 24.3 Å². The fourth-order valence-electron chi connectivity index (χ4n) is 1.35. The predicted molar refractivity (Wildman–Crippen MR) is 66.4 cm³/mol. The third-order valence-electron chi connectivity index (χ3n) is 2.49. The van der Waals surface area contributed by atoms with Crippen molar-refractivity contribution in [3.63, 3.8) is 0 Å². The Balaban J connectivity index is 3.18. The van der Waals surface area contributed by atoms with Gasteiger partial charge in [0.25, 0.3) is 0 Å². The van der Waals surface area contributed by atoms with E-state index in [4.69, 9.17) is 5.26 Å². The molecule has 98 valence electrons. The van der Waals surface area contributed by atoms with Crippen molar-refractivity contribution in [3.8, 4) is 6.07 Å². The Bertz CT molecular complexity index is 667. The summed E-state index contributed by atoms with van der Waals surface area (Å²) < 4.78 is 46.4. The summed E-state index contributed by atoms with van der Waals surface area (Å²) in [5.41, 5.74) is 0. The van der Waals surface area contributed by atoms with Gasteiger partial charge >= 0.3 is 0 Å². The first-order chi connectivity index (χ1) is 8.19. The van der Waals surface area contributed by atoms with E-state index < -0.39 is 24.9 Å². The largest absolute Gasteiger partial charge is 0.224 e. The van der Waals surface area contributed by atoms with Gasteiger partial charge in [-0.25, -0.2) is 16.8 Å². The number of nitrogens with zero attached hydrogens (tertiary/aromatic N) is 1. The van der Waals surface area contributed by atoms with Crippen molar-refractivity contribution >= 4 is 19.7 Å². The maximum absolute atomic E-state index is 12.0. The highest BCUT2D eigenvalue weighted by molar-refractivity contribution is 7.92. The molecule has 0 aliphatic carbocycles. The molecule has 7 heteroatoms. The molecule has 0 amide bonds. The second kappa shape index (κ2) is 5.08. The van der Waals surface area contributed by atoms with E-state index in [1.54, 1.807) is 6.07 Å². The van der Waals surface area contributed by atoms with Crippen LogP contribution in [0, 0.1) is 11.3 Å². The van der Waals surface area contributed by atoms with Crippen LogP contribution in [-0.4, -0.2) is 28.3 Å². The Morgan fingerprint density at radius 1 is 1.11 bits per heavy atom. The molecule has 5 nitrogen and oxygen atoms in total. The number of sulfone groups is 2. The molecular weight excluding hydrogens is 274 g/mol. The van der Waals surface area contributed by atoms with Crippen LogP contribution in [0.2, 0.25) is 0 Å². The maximum Gasteiger partial charge on any atom is 0.181 e. The van der Waals surface area contributed by atoms with Gasteiger partial charge in [0.05, 0.1) is 27.5 Å². The van der Waals surface area contributed by atoms with Crippen molar-refractivity contribution < 1.29 is 16.8 Å². The molecule has 0 saturated heterocycles. The monoisotopic (exact) mass is 287 g/mol. The number of hydrogen-bond acceptors (Lipinski definition) is 5. The van der Waals surface area contributed by atoms with Gasteiger partial charge < -0.3 is 0 Å². The minimum absolute atomic E-state index is 0.0256. The minimum Gasteiger partial charge on any atom is -0.224 e. The molecule has 0 aromatic heterocycles. The molecule has 0 fully saturated rings. The molecule has 0 heterocycles. The summed E-state index contributed by atoms with van der Waals surface area (Å²) in [6, 6.07) is 6.81. The molecule has 0 spiro atoms. The van der Waals surface area contributed by atoms with Gasteiger partial charge in [0.1, 0.15) is 0 Å². The van der Waals surface area contributed by atoms with E-state index >= 15 is 0 Å². The SMILES string of the molecule is CC(CC#N)S(=O)(=O)c1ccc(S(C)(=O)=O)cc1. The zero-order valence-electron chi connectivity index (χ0n) is 9.99. The fraction of sp³-hybridized carbons (Fsp3) is 0.364. The topological polar surface area (TPSA) is 92.1 Å². The first-order valence-corrected chi connectivity index (χ1v) is 8.54. The third kappa shape index (κ3) is 3.09. The molecule has 0 N–H and O–H groups in total. The van der Waals surface area contributed by atoms with Gasteiger partial charge in [-0.15, -0.1) is 0 Å². The van der Waals surface area contributed by atoms with E-state index in [0.29, 0.717) is 0 Å². The van der Waals surface area contributed by atoms with Gasteiger partial charge in [0.15, 0.2) is 19.7 Å². The molecule has 0 aliphatic heterocycles. The molecule has 0 bridgehead atoms. The van der Waals surface area contributed by atoms with Crippen molar-refractivity contribution in [2.24, 2.45) is 0 Å². The van der Waals surface area contributed by atoms with Gasteiger partial charge in [-0.2, -0.15) is 5.26 Å². The summed E-state index contributed by atoms with van der Waals surface area (Å²) in [6.07, 6.45) is 0.949. The normalized spacial score (nSPS) is 13.8. The number of rotatable bonds is 4. The van der Waals surface area contributed by atoms with Crippen LogP contribution < -0.4 is 0 Å². The average molecular weight is 287 g/mol. The van der Waals surface area contributed by atoms with Crippen molar-refractivity contribution in [1.82, 2.24) is 0 Å². The fourth-order valence-corrected chi connectivity index (χ4v) is 3.25. The van der Waals surface area contributed by atoms with Gasteiger partial charge in [0, 0.05) is 6.26 Å². The van der Waals surface area contributed by atoms with E-state index in [-0.39, 0.29) is 16.2 Å². The lowest BCUT2D eigenvalue weighted by Gasteiger charge is -2.09. The summed E-state index contributed by atoms with van der Waals surface area (Å²) in [6.45, 7) is 1.45. The Morgan fingerprint density at radius 2 is 1.56 bits per heavy atom. The Morgan fingerprint density at radius 3 is 1.94 bits per heavy atom. The average Bonchev–Trinajstić information content (AvgIpc) is 2.28. The standard InChI is InChI=1S/C11H13NO4S2/c1-9(7-8-12)18(15,16)11-5-3-10(4-6-11)17(2,13)14/h3-6,9H,7H2,1-2H3. The number of benzene rings is 1. The summed E-state index contributed by atoms with van der Waals surface area (Å²) >= 11 is 0. The lowest BCUT2D eigenvalue weighted by molar-refractivity contribution is 0.583. The highest BCUT2D eigenvalue weighted by Gasteiger charge is 2.23. The highest BCUT2D eigenvalue weighted by Crippen LogP contribution is 2.20. The predicted octanol–water partition coefficient (Wildman–Crippen LogP) is 1.17. The smallest absolute Gasteiger partial charge is 0.181 e. The van der Waals surface area contributed by atoms with Crippen LogP contribution in [0.25, 0.3) is 0 Å². The van der Waals surface area contributed by atoms with Crippen LogP contribution in [-0.2, 0) is 19.7 Å². The van der Waals surface area contributed by atoms with Crippen LogP contribution in [0.4, 0.5) is 0 Å². The molecule has 1 aromatic carbocycles. The maximum atomic E-state index is 12.0. The van der Waals surface area contributed by atoms with Crippen molar-refractivity contribution in [1.29, 1.82) is 5.26 Å². The van der Waals surface area contributed by atoms with Crippen LogP contribution >= 0.6 is 0 Å². The van der Waals surface area contributed by atoms with Gasteiger partial charge in [-0.05, 0) is 31.2 Å². The zero-order valence-corrected chi connectivity index (χ0v) is 11.6. The highest BCUT2D eigenvalue weighted by atomic mass is 32.2. The second-order valence-corrected chi connectivity index (χ2v) is 8.34. The summed E-state index contributed by atoms with van der Waals surface area (Å²) in [5.74, 6) is 0. The minimum atomic E-state index is -3.58. The van der Waals surface area contributed by atoms with E-state index in [1.165, 1.54) is 31.2 Å². The van der Waals surface area contributed by atoms with E-state index in [9.17, 15) is 16.8 Å². The van der Waals surface area contributed by atoms with Gasteiger partial charge in [-0.1, -0.05) is 0 Å². The van der Waals surface area contributed by atoms with Crippen molar-refractivity contribution in [2.75, 3.05) is 6.26 Å². The van der Waals surface area contributed by atoms with E-state index in [2.05, 4.69) is 0 Å². The molecule has 1 atom stereocenters. The number of hydrogen-bond donors (Lipinski definition) is 0. The summed E-state index contributed by atoms with van der Waals surface area (Å²) in [4.78, 5) is 0.0898. The molecular formula is C11H13NO4S2. The quantitative estimate of drug-likeness (QED) is 0.828. The lowest BCUT2D eigenvalue weighted by atomic mass is 10.4. The Hall–Kier alpha value is -1.39. The Labute approximate surface area is 107 Å². The molecule has 1 unspecified atom stereocenters. The third-order valence-corrected chi connectivity index (χ3v) is 5.77. The van der Waals surface area contributed by atoms with Gasteiger partial charge in [-0.3, -0.25) is 0 Å². The van der Waals surface area contributed by atoms with E-state index in [1.807, 2.05) is 0 Å². The van der Waals surface area contributed by atoms with Gasteiger partial charge in [0.2, 0.25) is 0 Å². The Kier molecular flexibility index (Phi) is 4.14. The molecule has 0 radical (unpaired) electrons. The van der Waals surface area contributed by atoms with Crippen LogP contribution in [0.1, 0.15) is 13.3 Å². The molecule has 0 saturated carbocycles. The first kappa shape index (κ1) is 14.7. The summed E-state index contributed by atoms with van der Waals surface area (Å²) in [5, 5.41) is 7.69. The second-order valence-electron chi connectivity index (χ2n) is 3.96. The molecule has 18 heavy (non-hydrogen) atoms. The molecule has 1 rings (SSSR count). The van der Waals surface area contributed by atoms with E-state index in [0.717, 1.165) is 6.26 Å².